The Balaban J connectivity index is 1.76. The molecule has 0 fully saturated rings. The predicted molar refractivity (Wildman–Crippen MR) is 78.3 cm³/mol. The third kappa shape index (κ3) is 3.87. The zero-order valence-corrected chi connectivity index (χ0v) is 13.0. The first kappa shape index (κ1) is 17.2. The summed E-state index contributed by atoms with van der Waals surface area (Å²) in [5, 5.41) is 7.03. The van der Waals surface area contributed by atoms with Gasteiger partial charge in [0.1, 0.15) is 5.69 Å². The summed E-state index contributed by atoms with van der Waals surface area (Å²) in [6.07, 6.45) is -3.95. The van der Waals surface area contributed by atoms with Crippen molar-refractivity contribution in [2.45, 2.75) is 12.8 Å². The maximum absolute atomic E-state index is 13.4. The van der Waals surface area contributed by atoms with E-state index in [1.54, 1.807) is 6.07 Å². The van der Waals surface area contributed by atoms with E-state index in [2.05, 4.69) is 15.2 Å². The standard InChI is InChI=1S/C15H8ClF4N3O2/c16-9-5-8(15(18,19)20)6-21-13(9)14-23-22-12(25-14)7-24-11-4-2-1-3-10(11)17/h1-6H,7H2. The highest BCUT2D eigenvalue weighted by Crippen LogP contribution is 2.33. The Bertz CT molecular complexity index is 898. The molecule has 130 valence electrons. The van der Waals surface area contributed by atoms with Crippen molar-refractivity contribution in [3.63, 3.8) is 0 Å². The topological polar surface area (TPSA) is 61.0 Å². The Kier molecular flexibility index (Phi) is 4.58. The number of pyridine rings is 1. The van der Waals surface area contributed by atoms with Crippen LogP contribution in [-0.2, 0) is 12.8 Å². The molecular formula is C15H8ClF4N3O2. The first-order valence-electron chi connectivity index (χ1n) is 6.77. The van der Waals surface area contributed by atoms with Crippen molar-refractivity contribution in [2.24, 2.45) is 0 Å². The van der Waals surface area contributed by atoms with Gasteiger partial charge < -0.3 is 9.15 Å². The molecule has 25 heavy (non-hydrogen) atoms. The maximum Gasteiger partial charge on any atom is 0.417 e. The van der Waals surface area contributed by atoms with Crippen LogP contribution < -0.4 is 4.74 Å². The number of hydrogen-bond acceptors (Lipinski definition) is 5. The highest BCUT2D eigenvalue weighted by Gasteiger charge is 2.32. The minimum Gasteiger partial charge on any atom is -0.481 e. The molecule has 0 saturated heterocycles. The first-order valence-corrected chi connectivity index (χ1v) is 7.15. The normalized spacial score (nSPS) is 11.6. The van der Waals surface area contributed by atoms with Crippen molar-refractivity contribution in [3.05, 3.63) is 58.8 Å². The van der Waals surface area contributed by atoms with Gasteiger partial charge in [-0.05, 0) is 18.2 Å². The number of nitrogens with zero attached hydrogens (tertiary/aromatic N) is 3. The van der Waals surface area contributed by atoms with Gasteiger partial charge in [0.2, 0.25) is 0 Å². The molecule has 0 bridgehead atoms. The second-order valence-electron chi connectivity index (χ2n) is 4.77. The number of alkyl halides is 3. The summed E-state index contributed by atoms with van der Waals surface area (Å²) in [6, 6.07) is 6.44. The van der Waals surface area contributed by atoms with E-state index in [4.69, 9.17) is 20.8 Å². The van der Waals surface area contributed by atoms with Gasteiger partial charge in [-0.25, -0.2) is 9.37 Å². The molecule has 1 aromatic carbocycles. The minimum atomic E-state index is -4.57. The summed E-state index contributed by atoms with van der Waals surface area (Å²) in [7, 11) is 0. The molecule has 0 N–H and O–H groups in total. The van der Waals surface area contributed by atoms with Gasteiger partial charge in [0.05, 0.1) is 10.6 Å². The van der Waals surface area contributed by atoms with E-state index in [9.17, 15) is 17.6 Å². The van der Waals surface area contributed by atoms with Crippen molar-refractivity contribution >= 4 is 11.6 Å². The second kappa shape index (κ2) is 6.67. The highest BCUT2D eigenvalue weighted by molar-refractivity contribution is 6.32. The van der Waals surface area contributed by atoms with Crippen LogP contribution in [0.1, 0.15) is 11.5 Å². The van der Waals surface area contributed by atoms with Gasteiger partial charge in [-0.15, -0.1) is 10.2 Å². The van der Waals surface area contributed by atoms with Gasteiger partial charge in [0.25, 0.3) is 11.8 Å². The smallest absolute Gasteiger partial charge is 0.417 e. The Hall–Kier alpha value is -2.68. The van der Waals surface area contributed by atoms with E-state index in [1.807, 2.05) is 0 Å². The molecule has 0 aliphatic rings. The number of rotatable bonds is 4. The molecule has 2 heterocycles. The van der Waals surface area contributed by atoms with Crippen molar-refractivity contribution in [1.82, 2.24) is 15.2 Å². The summed E-state index contributed by atoms with van der Waals surface area (Å²) in [5.41, 5.74) is -1.09. The predicted octanol–water partition coefficient (Wildman–Crippen LogP) is 4.52. The van der Waals surface area contributed by atoms with Crippen molar-refractivity contribution < 1.29 is 26.7 Å². The van der Waals surface area contributed by atoms with E-state index >= 15 is 0 Å². The number of benzene rings is 1. The van der Waals surface area contributed by atoms with E-state index < -0.39 is 17.6 Å². The lowest BCUT2D eigenvalue weighted by Crippen LogP contribution is -2.05. The summed E-state index contributed by atoms with van der Waals surface area (Å²) in [6.45, 7) is -0.230. The highest BCUT2D eigenvalue weighted by atomic mass is 35.5. The average molecular weight is 374 g/mol. The molecule has 0 atom stereocenters. The van der Waals surface area contributed by atoms with Gasteiger partial charge in [-0.2, -0.15) is 13.2 Å². The third-order valence-electron chi connectivity index (χ3n) is 3.03. The van der Waals surface area contributed by atoms with E-state index in [1.165, 1.54) is 18.2 Å². The van der Waals surface area contributed by atoms with Crippen LogP contribution in [0.4, 0.5) is 17.6 Å². The Morgan fingerprint density at radius 1 is 1.16 bits per heavy atom. The fourth-order valence-corrected chi connectivity index (χ4v) is 2.11. The minimum absolute atomic E-state index is 0.00654. The largest absolute Gasteiger partial charge is 0.481 e. The number of aromatic nitrogens is 3. The van der Waals surface area contributed by atoms with Crippen LogP contribution in [0.15, 0.2) is 40.9 Å². The average Bonchev–Trinajstić information content (AvgIpc) is 3.02. The van der Waals surface area contributed by atoms with Crippen LogP contribution >= 0.6 is 11.6 Å². The number of ether oxygens (including phenoxy) is 1. The van der Waals surface area contributed by atoms with Gasteiger partial charge >= 0.3 is 6.18 Å². The molecule has 0 aliphatic heterocycles. The summed E-state index contributed by atoms with van der Waals surface area (Å²) < 4.78 is 61.7. The molecule has 0 aliphatic carbocycles. The Labute approximate surface area is 143 Å². The molecule has 5 nitrogen and oxygen atoms in total. The van der Waals surface area contributed by atoms with E-state index in [0.29, 0.717) is 12.3 Å². The molecular weight excluding hydrogens is 366 g/mol. The lowest BCUT2D eigenvalue weighted by atomic mass is 10.2. The first-order chi connectivity index (χ1) is 11.8. The van der Waals surface area contributed by atoms with Crippen molar-refractivity contribution in [1.29, 1.82) is 0 Å². The Morgan fingerprint density at radius 2 is 1.92 bits per heavy atom. The summed E-state index contributed by atoms with van der Waals surface area (Å²) >= 11 is 5.80. The second-order valence-corrected chi connectivity index (χ2v) is 5.18. The molecule has 3 aromatic rings. The Morgan fingerprint density at radius 3 is 2.60 bits per heavy atom. The SMILES string of the molecule is Fc1ccccc1OCc1nnc(-c2ncc(C(F)(F)F)cc2Cl)o1. The van der Waals surface area contributed by atoms with Crippen LogP contribution in [0.3, 0.4) is 0 Å². The van der Waals surface area contributed by atoms with Gasteiger partial charge in [0.15, 0.2) is 18.2 Å². The van der Waals surface area contributed by atoms with Crippen LogP contribution in [0, 0.1) is 5.82 Å². The molecule has 3 rings (SSSR count). The fourth-order valence-electron chi connectivity index (χ4n) is 1.86. The zero-order valence-electron chi connectivity index (χ0n) is 12.2. The van der Waals surface area contributed by atoms with Gasteiger partial charge in [0, 0.05) is 6.20 Å². The summed E-state index contributed by atoms with van der Waals surface area (Å²) in [5.74, 6) is -0.760. The van der Waals surface area contributed by atoms with Crippen LogP contribution in [0.5, 0.6) is 5.75 Å². The number of hydrogen-bond donors (Lipinski definition) is 0. The van der Waals surface area contributed by atoms with Crippen molar-refractivity contribution in [2.75, 3.05) is 0 Å². The van der Waals surface area contributed by atoms with Crippen LogP contribution in [-0.4, -0.2) is 15.2 Å². The number of halogens is 5. The lowest BCUT2D eigenvalue weighted by molar-refractivity contribution is -0.137. The third-order valence-corrected chi connectivity index (χ3v) is 3.31. The molecule has 0 radical (unpaired) electrons. The zero-order chi connectivity index (χ0) is 18.0. The molecule has 0 amide bonds. The van der Waals surface area contributed by atoms with Crippen molar-refractivity contribution in [3.8, 4) is 17.3 Å². The molecule has 2 aromatic heterocycles. The van der Waals surface area contributed by atoms with Gasteiger partial charge in [-0.3, -0.25) is 0 Å². The lowest BCUT2D eigenvalue weighted by Gasteiger charge is -2.07. The maximum atomic E-state index is 13.4. The molecule has 0 spiro atoms. The molecule has 10 heteroatoms. The van der Waals surface area contributed by atoms with Crippen LogP contribution in [0.25, 0.3) is 11.6 Å². The van der Waals surface area contributed by atoms with E-state index in [0.717, 1.165) is 0 Å². The molecule has 0 saturated carbocycles. The fraction of sp³-hybridized carbons (Fsp3) is 0.133. The van der Waals surface area contributed by atoms with Crippen LogP contribution in [0.2, 0.25) is 5.02 Å². The number of para-hydroxylation sites is 1. The monoisotopic (exact) mass is 373 g/mol. The quantitative estimate of drug-likeness (QED) is 0.629. The molecule has 0 unspecified atom stereocenters. The van der Waals surface area contributed by atoms with Gasteiger partial charge in [-0.1, -0.05) is 23.7 Å². The summed E-state index contributed by atoms with van der Waals surface area (Å²) in [4.78, 5) is 3.61. The van der Waals surface area contributed by atoms with E-state index in [-0.39, 0.29) is 34.9 Å².